The fraction of sp³-hybridized carbons (Fsp3) is 0.125. The maximum absolute atomic E-state index is 12.9. The van der Waals surface area contributed by atoms with Crippen molar-refractivity contribution in [2.75, 3.05) is 10.8 Å². The Hall–Kier alpha value is -2.83. The van der Waals surface area contributed by atoms with E-state index in [2.05, 4.69) is 4.72 Å². The van der Waals surface area contributed by atoms with Gasteiger partial charge in [0.15, 0.2) is 0 Å². The molecule has 0 bridgehead atoms. The Balaban J connectivity index is 1.68. The number of benzene rings is 2. The second-order valence-electron chi connectivity index (χ2n) is 5.84. The first-order valence-corrected chi connectivity index (χ1v) is 10.8. The topological polar surface area (TPSA) is 136 Å². The van der Waals surface area contributed by atoms with Crippen LogP contribution in [-0.4, -0.2) is 33.6 Å². The van der Waals surface area contributed by atoms with Gasteiger partial charge in [-0.05, 0) is 48.4 Å². The lowest BCUT2D eigenvalue weighted by molar-refractivity contribution is 0.392. The number of sulfonamides is 1. The number of hydrogen-bond donors (Lipinski definition) is 4. The molecule has 9 nitrogen and oxygen atoms in total. The van der Waals surface area contributed by atoms with Crippen LogP contribution in [0.25, 0.3) is 0 Å². The van der Waals surface area contributed by atoms with Crippen molar-refractivity contribution in [2.45, 2.75) is 11.3 Å². The Bertz CT molecular complexity index is 1130. The molecule has 12 heteroatoms. The third-order valence-corrected chi connectivity index (χ3v) is 6.60. The van der Waals surface area contributed by atoms with Gasteiger partial charge < -0.3 is 10.2 Å². The number of anilines is 1. The Labute approximate surface area is 161 Å². The van der Waals surface area contributed by atoms with E-state index in [0.717, 1.165) is 30.5 Å². The van der Waals surface area contributed by atoms with Crippen molar-refractivity contribution in [2.24, 2.45) is 0 Å². The van der Waals surface area contributed by atoms with E-state index >= 15 is 0 Å². The first-order valence-electron chi connectivity index (χ1n) is 7.88. The molecular weight excluding hydrogens is 413 g/mol. The van der Waals surface area contributed by atoms with Crippen LogP contribution >= 0.6 is 0 Å². The molecule has 2 aromatic carbocycles. The highest BCUT2D eigenvalue weighted by Gasteiger charge is 2.30. The molecule has 0 radical (unpaired) electrons. The summed E-state index contributed by atoms with van der Waals surface area (Å²) in [6, 6.07) is 8.50. The zero-order valence-corrected chi connectivity index (χ0v) is 15.8. The Kier molecular flexibility index (Phi) is 5.19. The van der Waals surface area contributed by atoms with Crippen LogP contribution in [0, 0.1) is 5.82 Å². The van der Waals surface area contributed by atoms with Crippen LogP contribution < -0.4 is 13.7 Å². The van der Waals surface area contributed by atoms with Gasteiger partial charge in [-0.15, -0.1) is 0 Å². The van der Waals surface area contributed by atoms with Gasteiger partial charge in [-0.1, -0.05) is 6.07 Å². The van der Waals surface area contributed by atoms with Crippen LogP contribution in [0.4, 0.5) is 10.1 Å². The molecule has 4 N–H and O–H groups in total. The van der Waals surface area contributed by atoms with E-state index in [1.54, 1.807) is 0 Å². The number of phenolic OH excluding ortho intramolecular Hbond substituents is 1. The molecular formula is C16H16FN3O6S2. The number of aliphatic hydroxyl groups is 1. The number of hydrogen-bond acceptors (Lipinski definition) is 6. The molecule has 0 fully saturated rings. The van der Waals surface area contributed by atoms with E-state index in [0.29, 0.717) is 9.87 Å². The van der Waals surface area contributed by atoms with Gasteiger partial charge in [0.25, 0.3) is 0 Å². The van der Waals surface area contributed by atoms with Crippen molar-refractivity contribution < 1.29 is 31.4 Å². The van der Waals surface area contributed by atoms with E-state index in [1.807, 2.05) is 4.72 Å². The molecule has 0 spiro atoms. The molecule has 0 atom stereocenters. The minimum atomic E-state index is -4.03. The van der Waals surface area contributed by atoms with Crippen molar-refractivity contribution in [1.82, 2.24) is 9.44 Å². The lowest BCUT2D eigenvalue weighted by atomic mass is 10.1. The van der Waals surface area contributed by atoms with Crippen molar-refractivity contribution in [3.8, 4) is 5.75 Å². The number of nitrogens with one attached hydrogen (secondary N) is 2. The zero-order valence-electron chi connectivity index (χ0n) is 14.2. The lowest BCUT2D eigenvalue weighted by Gasteiger charge is -2.16. The summed E-state index contributed by atoms with van der Waals surface area (Å²) in [5, 5.41) is 19.4. The molecule has 1 heterocycles. The average Bonchev–Trinajstić information content (AvgIpc) is 2.87. The SMILES string of the molecule is O=S(=O)(NCCc1ccc(N2C=C(O)NS2(=O)=O)c(O)c1)c1ccc(F)cc1. The summed E-state index contributed by atoms with van der Waals surface area (Å²) >= 11 is 0. The molecule has 0 unspecified atom stereocenters. The summed E-state index contributed by atoms with van der Waals surface area (Å²) in [5.41, 5.74) is 0.466. The van der Waals surface area contributed by atoms with Gasteiger partial charge in [-0.3, -0.25) is 0 Å². The smallest absolute Gasteiger partial charge is 0.330 e. The summed E-state index contributed by atoms with van der Waals surface area (Å²) in [7, 11) is -7.84. The van der Waals surface area contributed by atoms with Crippen LogP contribution in [0.15, 0.2) is 59.4 Å². The monoisotopic (exact) mass is 429 g/mol. The van der Waals surface area contributed by atoms with E-state index in [9.17, 15) is 31.4 Å². The van der Waals surface area contributed by atoms with Gasteiger partial charge in [0, 0.05) is 6.54 Å². The highest BCUT2D eigenvalue weighted by atomic mass is 32.2. The normalized spacial score (nSPS) is 15.9. The predicted molar refractivity (Wildman–Crippen MR) is 98.6 cm³/mol. The zero-order chi connectivity index (χ0) is 20.5. The third kappa shape index (κ3) is 4.18. The number of rotatable bonds is 6. The Morgan fingerprint density at radius 3 is 2.36 bits per heavy atom. The number of phenols is 1. The van der Waals surface area contributed by atoms with Crippen molar-refractivity contribution in [3.63, 3.8) is 0 Å². The van der Waals surface area contributed by atoms with Crippen molar-refractivity contribution >= 4 is 25.9 Å². The van der Waals surface area contributed by atoms with Crippen LogP contribution in [0.2, 0.25) is 0 Å². The maximum Gasteiger partial charge on any atom is 0.330 e. The van der Waals surface area contributed by atoms with Crippen molar-refractivity contribution in [1.29, 1.82) is 0 Å². The van der Waals surface area contributed by atoms with E-state index < -0.39 is 31.9 Å². The predicted octanol–water partition coefficient (Wildman–Crippen LogP) is 1.06. The molecule has 1 aliphatic rings. The molecule has 1 aliphatic heterocycles. The molecule has 28 heavy (non-hydrogen) atoms. The number of nitrogens with zero attached hydrogens (tertiary/aromatic N) is 1. The van der Waals surface area contributed by atoms with E-state index in [1.165, 1.54) is 18.2 Å². The molecule has 0 saturated carbocycles. The fourth-order valence-electron chi connectivity index (χ4n) is 2.52. The summed E-state index contributed by atoms with van der Waals surface area (Å²) in [5.74, 6) is -1.50. The Morgan fingerprint density at radius 1 is 1.11 bits per heavy atom. The van der Waals surface area contributed by atoms with E-state index in [4.69, 9.17) is 0 Å². The standard InChI is InChI=1S/C16H16FN3O6S2/c17-12-2-4-13(5-3-12)27(23,24)18-8-7-11-1-6-14(15(21)9-11)20-10-16(22)19-28(20,25)26/h1-6,9-10,18-19,21-22H,7-8H2. The molecule has 2 aromatic rings. The summed E-state index contributed by atoms with van der Waals surface area (Å²) < 4.78 is 65.7. The molecule has 150 valence electrons. The average molecular weight is 429 g/mol. The van der Waals surface area contributed by atoms with Gasteiger partial charge >= 0.3 is 10.2 Å². The molecule has 3 rings (SSSR count). The molecule has 0 aliphatic carbocycles. The summed E-state index contributed by atoms with van der Waals surface area (Å²) in [6.07, 6.45) is 1.11. The minimum Gasteiger partial charge on any atom is -0.506 e. The van der Waals surface area contributed by atoms with Crippen LogP contribution in [0.5, 0.6) is 5.75 Å². The van der Waals surface area contributed by atoms with Gasteiger partial charge in [-0.2, -0.15) is 8.42 Å². The number of halogens is 1. The fourth-order valence-corrected chi connectivity index (χ4v) is 4.62. The molecule has 0 aromatic heterocycles. The van der Waals surface area contributed by atoms with Gasteiger partial charge in [-0.25, -0.2) is 26.6 Å². The lowest BCUT2D eigenvalue weighted by Crippen LogP contribution is -2.29. The first kappa shape index (κ1) is 19.9. The Morgan fingerprint density at radius 2 is 1.79 bits per heavy atom. The second kappa shape index (κ2) is 7.30. The molecule has 0 saturated heterocycles. The van der Waals surface area contributed by atoms with Crippen LogP contribution in [-0.2, 0) is 26.7 Å². The number of aromatic hydroxyl groups is 1. The van der Waals surface area contributed by atoms with E-state index in [-0.39, 0.29) is 29.3 Å². The highest BCUT2D eigenvalue weighted by Crippen LogP contribution is 2.32. The third-order valence-electron chi connectivity index (χ3n) is 3.84. The largest absolute Gasteiger partial charge is 0.506 e. The quantitative estimate of drug-likeness (QED) is 0.542. The van der Waals surface area contributed by atoms with Gasteiger partial charge in [0.1, 0.15) is 17.3 Å². The van der Waals surface area contributed by atoms with Crippen LogP contribution in [0.3, 0.4) is 0 Å². The summed E-state index contributed by atoms with van der Waals surface area (Å²) in [4.78, 5) is -0.0783. The van der Waals surface area contributed by atoms with Crippen LogP contribution in [0.1, 0.15) is 5.56 Å². The minimum absolute atomic E-state index is 0.00273. The highest BCUT2D eigenvalue weighted by molar-refractivity contribution is 7.91. The van der Waals surface area contributed by atoms with Crippen molar-refractivity contribution in [3.05, 3.63) is 65.9 Å². The van der Waals surface area contributed by atoms with Gasteiger partial charge in [0.05, 0.1) is 11.1 Å². The summed E-state index contributed by atoms with van der Waals surface area (Å²) in [6.45, 7) is 0.00273. The second-order valence-corrected chi connectivity index (χ2v) is 9.16. The van der Waals surface area contributed by atoms with Gasteiger partial charge in [0.2, 0.25) is 15.9 Å². The maximum atomic E-state index is 12.9. The first-order chi connectivity index (χ1) is 13.1. The number of aliphatic hydroxyl groups excluding tert-OH is 1. The molecule has 0 amide bonds.